The van der Waals surface area contributed by atoms with Crippen molar-refractivity contribution in [1.82, 2.24) is 5.32 Å². The summed E-state index contributed by atoms with van der Waals surface area (Å²) in [5.41, 5.74) is 0.897. The van der Waals surface area contributed by atoms with Gasteiger partial charge in [-0.2, -0.15) is 0 Å². The van der Waals surface area contributed by atoms with E-state index in [2.05, 4.69) is 26.1 Å². The van der Waals surface area contributed by atoms with Crippen molar-refractivity contribution in [1.29, 1.82) is 0 Å². The molecule has 2 atom stereocenters. The summed E-state index contributed by atoms with van der Waals surface area (Å²) in [4.78, 5) is 0. The number of aliphatic hydroxyl groups is 1. The van der Waals surface area contributed by atoms with Crippen LogP contribution in [-0.2, 0) is 0 Å². The summed E-state index contributed by atoms with van der Waals surface area (Å²) < 4.78 is 5.38. The molecular formula is C15H25NO2. The van der Waals surface area contributed by atoms with Crippen molar-refractivity contribution >= 4 is 0 Å². The van der Waals surface area contributed by atoms with Gasteiger partial charge < -0.3 is 15.2 Å². The lowest BCUT2D eigenvalue weighted by Gasteiger charge is -2.29. The van der Waals surface area contributed by atoms with Crippen molar-refractivity contribution in [3.63, 3.8) is 0 Å². The molecule has 0 saturated carbocycles. The lowest BCUT2D eigenvalue weighted by atomic mass is 10.00. The highest BCUT2D eigenvalue weighted by Gasteiger charge is 2.21. The summed E-state index contributed by atoms with van der Waals surface area (Å²) in [5.74, 6) is 0.838. The van der Waals surface area contributed by atoms with E-state index in [1.165, 1.54) is 0 Å². The molecule has 0 heterocycles. The normalized spacial score (nSPS) is 15.2. The fourth-order valence-corrected chi connectivity index (χ4v) is 1.98. The van der Waals surface area contributed by atoms with Crippen molar-refractivity contribution in [2.75, 3.05) is 6.61 Å². The Balaban J connectivity index is 2.68. The van der Waals surface area contributed by atoms with Crippen molar-refractivity contribution in [2.24, 2.45) is 0 Å². The fraction of sp³-hybridized carbons (Fsp3) is 0.600. The first kappa shape index (κ1) is 15.0. The van der Waals surface area contributed by atoms with E-state index in [0.29, 0.717) is 6.61 Å². The van der Waals surface area contributed by atoms with Crippen LogP contribution in [0.5, 0.6) is 5.75 Å². The number of rotatable bonds is 5. The van der Waals surface area contributed by atoms with Gasteiger partial charge in [0.05, 0.1) is 12.7 Å². The van der Waals surface area contributed by atoms with Gasteiger partial charge in [0, 0.05) is 11.6 Å². The van der Waals surface area contributed by atoms with E-state index in [1.807, 2.05) is 38.1 Å². The van der Waals surface area contributed by atoms with Gasteiger partial charge in [0.25, 0.3) is 0 Å². The molecule has 0 aliphatic carbocycles. The SMILES string of the molecule is CCOc1ccc(C(O)C(C)NC(C)(C)C)cc1. The van der Waals surface area contributed by atoms with Crippen LogP contribution in [0.25, 0.3) is 0 Å². The standard InChI is InChI=1S/C15H25NO2/c1-6-18-13-9-7-12(8-10-13)14(17)11(2)16-15(3,4)5/h7-11,14,16-17H,6H2,1-5H3. The predicted molar refractivity (Wildman–Crippen MR) is 74.9 cm³/mol. The van der Waals surface area contributed by atoms with Crippen LogP contribution < -0.4 is 10.1 Å². The number of aliphatic hydroxyl groups excluding tert-OH is 1. The van der Waals surface area contributed by atoms with Gasteiger partial charge in [-0.15, -0.1) is 0 Å². The maximum atomic E-state index is 10.3. The topological polar surface area (TPSA) is 41.5 Å². The van der Waals surface area contributed by atoms with Crippen LogP contribution >= 0.6 is 0 Å². The maximum absolute atomic E-state index is 10.3. The van der Waals surface area contributed by atoms with Crippen LogP contribution in [0.1, 0.15) is 46.3 Å². The molecule has 2 N–H and O–H groups in total. The molecule has 1 rings (SSSR count). The maximum Gasteiger partial charge on any atom is 0.119 e. The third-order valence-corrected chi connectivity index (χ3v) is 2.67. The Morgan fingerprint density at radius 3 is 2.22 bits per heavy atom. The number of hydrogen-bond donors (Lipinski definition) is 2. The van der Waals surface area contributed by atoms with Gasteiger partial charge in [-0.25, -0.2) is 0 Å². The Bertz CT molecular complexity index is 354. The summed E-state index contributed by atoms with van der Waals surface area (Å²) in [6, 6.07) is 7.62. The molecule has 18 heavy (non-hydrogen) atoms. The summed E-state index contributed by atoms with van der Waals surface area (Å²) in [7, 11) is 0. The van der Waals surface area contributed by atoms with Gasteiger partial charge in [-0.05, 0) is 52.3 Å². The molecule has 0 aliphatic heterocycles. The molecule has 102 valence electrons. The van der Waals surface area contributed by atoms with Crippen molar-refractivity contribution in [3.8, 4) is 5.75 Å². The van der Waals surface area contributed by atoms with Gasteiger partial charge in [0.15, 0.2) is 0 Å². The molecule has 1 aromatic rings. The average molecular weight is 251 g/mol. The number of hydrogen-bond acceptors (Lipinski definition) is 3. The predicted octanol–water partition coefficient (Wildman–Crippen LogP) is 2.90. The molecule has 1 aromatic carbocycles. The molecule has 0 bridgehead atoms. The number of nitrogens with one attached hydrogen (secondary N) is 1. The van der Waals surface area contributed by atoms with Crippen LogP contribution in [0.3, 0.4) is 0 Å². The second-order valence-electron chi connectivity index (χ2n) is 5.63. The van der Waals surface area contributed by atoms with E-state index in [4.69, 9.17) is 4.74 Å². The minimum atomic E-state index is -0.514. The van der Waals surface area contributed by atoms with Crippen molar-refractivity contribution in [3.05, 3.63) is 29.8 Å². The van der Waals surface area contributed by atoms with Gasteiger partial charge in [0.2, 0.25) is 0 Å². The molecule has 3 heteroatoms. The zero-order valence-corrected chi connectivity index (χ0v) is 12.0. The van der Waals surface area contributed by atoms with Crippen molar-refractivity contribution in [2.45, 2.75) is 52.3 Å². The number of benzene rings is 1. The largest absolute Gasteiger partial charge is 0.494 e. The number of ether oxygens (including phenoxy) is 1. The van der Waals surface area contributed by atoms with Gasteiger partial charge in [-0.3, -0.25) is 0 Å². The highest BCUT2D eigenvalue weighted by molar-refractivity contribution is 5.29. The van der Waals surface area contributed by atoms with Crippen LogP contribution in [0.2, 0.25) is 0 Å². The third kappa shape index (κ3) is 4.67. The molecule has 0 spiro atoms. The molecular weight excluding hydrogens is 226 g/mol. The van der Waals surface area contributed by atoms with Crippen molar-refractivity contribution < 1.29 is 9.84 Å². The van der Waals surface area contributed by atoms with Crippen LogP contribution in [-0.4, -0.2) is 23.3 Å². The smallest absolute Gasteiger partial charge is 0.119 e. The van der Waals surface area contributed by atoms with E-state index < -0.39 is 6.10 Å². The van der Waals surface area contributed by atoms with E-state index >= 15 is 0 Å². The first-order valence-corrected chi connectivity index (χ1v) is 6.52. The lowest BCUT2D eigenvalue weighted by molar-refractivity contribution is 0.121. The Labute approximate surface area is 110 Å². The quantitative estimate of drug-likeness (QED) is 0.845. The monoisotopic (exact) mass is 251 g/mol. The molecule has 0 fully saturated rings. The average Bonchev–Trinajstić information content (AvgIpc) is 2.27. The van der Waals surface area contributed by atoms with Crippen LogP contribution in [0, 0.1) is 0 Å². The summed E-state index contributed by atoms with van der Waals surface area (Å²) >= 11 is 0. The molecule has 0 radical (unpaired) electrons. The highest BCUT2D eigenvalue weighted by Crippen LogP contribution is 2.21. The Hall–Kier alpha value is -1.06. The molecule has 2 unspecified atom stereocenters. The van der Waals surface area contributed by atoms with Gasteiger partial charge in [-0.1, -0.05) is 12.1 Å². The Morgan fingerprint density at radius 2 is 1.78 bits per heavy atom. The molecule has 0 amide bonds. The minimum absolute atomic E-state index is 0.00273. The zero-order chi connectivity index (χ0) is 13.8. The fourth-order valence-electron chi connectivity index (χ4n) is 1.98. The van der Waals surface area contributed by atoms with Crippen LogP contribution in [0.15, 0.2) is 24.3 Å². The molecule has 0 saturated heterocycles. The summed E-state index contributed by atoms with van der Waals surface area (Å²) in [5, 5.41) is 13.6. The van der Waals surface area contributed by atoms with Crippen LogP contribution in [0.4, 0.5) is 0 Å². The van der Waals surface area contributed by atoms with Gasteiger partial charge >= 0.3 is 0 Å². The lowest BCUT2D eigenvalue weighted by Crippen LogP contribution is -2.44. The second kappa shape index (κ2) is 6.21. The summed E-state index contributed by atoms with van der Waals surface area (Å²) in [6.07, 6.45) is -0.514. The first-order valence-electron chi connectivity index (χ1n) is 6.52. The molecule has 0 aliphatic rings. The van der Waals surface area contributed by atoms with E-state index in [0.717, 1.165) is 11.3 Å². The van der Waals surface area contributed by atoms with E-state index in [9.17, 15) is 5.11 Å². The summed E-state index contributed by atoms with van der Waals surface area (Å²) in [6.45, 7) is 10.9. The zero-order valence-electron chi connectivity index (χ0n) is 12.0. The molecule has 0 aromatic heterocycles. The third-order valence-electron chi connectivity index (χ3n) is 2.67. The Morgan fingerprint density at radius 1 is 1.22 bits per heavy atom. The second-order valence-corrected chi connectivity index (χ2v) is 5.63. The molecule has 3 nitrogen and oxygen atoms in total. The first-order chi connectivity index (χ1) is 8.33. The van der Waals surface area contributed by atoms with E-state index in [-0.39, 0.29) is 11.6 Å². The van der Waals surface area contributed by atoms with Gasteiger partial charge in [0.1, 0.15) is 5.75 Å². The Kier molecular flexibility index (Phi) is 5.17. The van der Waals surface area contributed by atoms with E-state index in [1.54, 1.807) is 0 Å². The highest BCUT2D eigenvalue weighted by atomic mass is 16.5. The minimum Gasteiger partial charge on any atom is -0.494 e.